The topological polar surface area (TPSA) is 88.5 Å². The number of halogens is 4. The van der Waals surface area contributed by atoms with Crippen LogP contribution in [-0.2, 0) is 27.5 Å². The largest absolute Gasteiger partial charge is 0.417 e. The Kier molecular flexibility index (Phi) is 7.32. The molecule has 12 heteroatoms. The Hall–Kier alpha value is -2.37. The minimum Gasteiger partial charge on any atom is -0.325 e. The van der Waals surface area contributed by atoms with Crippen LogP contribution in [0.25, 0.3) is 0 Å². The van der Waals surface area contributed by atoms with Gasteiger partial charge in [-0.2, -0.15) is 17.5 Å². The molecule has 1 aromatic heterocycles. The van der Waals surface area contributed by atoms with E-state index in [2.05, 4.69) is 5.32 Å². The maximum atomic E-state index is 12.9. The molecule has 0 saturated heterocycles. The minimum atomic E-state index is -4.71. The summed E-state index contributed by atoms with van der Waals surface area (Å²) in [5.41, 5.74) is -1.93. The quantitative estimate of drug-likeness (QED) is 0.680. The Morgan fingerprint density at radius 2 is 1.80 bits per heavy atom. The summed E-state index contributed by atoms with van der Waals surface area (Å²) in [5, 5.41) is 1.72. The summed E-state index contributed by atoms with van der Waals surface area (Å²) in [6.07, 6.45) is -3.68. The van der Waals surface area contributed by atoms with Crippen LogP contribution in [0.3, 0.4) is 0 Å². The van der Waals surface area contributed by atoms with Crippen LogP contribution < -0.4 is 10.9 Å². The van der Waals surface area contributed by atoms with Crippen molar-refractivity contribution in [3.05, 3.63) is 57.5 Å². The molecule has 1 aromatic carbocycles. The molecule has 7 nitrogen and oxygen atoms in total. The molecule has 2 rings (SSSR count). The van der Waals surface area contributed by atoms with Crippen LogP contribution in [0.1, 0.15) is 19.4 Å². The maximum absolute atomic E-state index is 12.9. The number of carbonyl (C=O) groups excluding carboxylic acids is 1. The van der Waals surface area contributed by atoms with E-state index in [0.29, 0.717) is 6.07 Å². The van der Waals surface area contributed by atoms with Crippen LogP contribution >= 0.6 is 11.6 Å². The molecule has 0 radical (unpaired) electrons. The highest BCUT2D eigenvalue weighted by molar-refractivity contribution is 7.89. The predicted octanol–water partition coefficient (Wildman–Crippen LogP) is 3.19. The number of carbonyl (C=O) groups is 1. The van der Waals surface area contributed by atoms with Crippen LogP contribution in [0.15, 0.2) is 46.2 Å². The SMILES string of the molecule is CCN(CC)S(=O)(=O)c1ccc(=O)n(CC(=O)Nc2ccc(Cl)c(C(F)(F)F)c2)c1. The summed E-state index contributed by atoms with van der Waals surface area (Å²) in [6, 6.07) is 4.99. The molecule has 1 heterocycles. The first kappa shape index (κ1) is 23.9. The van der Waals surface area contributed by atoms with Gasteiger partial charge in [-0.15, -0.1) is 0 Å². The Balaban J connectivity index is 2.27. The van der Waals surface area contributed by atoms with E-state index in [4.69, 9.17) is 11.6 Å². The third kappa shape index (κ3) is 5.41. The van der Waals surface area contributed by atoms with Crippen molar-refractivity contribution in [2.45, 2.75) is 31.5 Å². The fourth-order valence-corrected chi connectivity index (χ4v) is 4.38. The van der Waals surface area contributed by atoms with Crippen LogP contribution in [0.5, 0.6) is 0 Å². The molecule has 0 aliphatic carbocycles. The summed E-state index contributed by atoms with van der Waals surface area (Å²) >= 11 is 5.54. The molecule has 164 valence electrons. The zero-order valence-electron chi connectivity index (χ0n) is 16.0. The van der Waals surface area contributed by atoms with E-state index in [1.807, 2.05) is 0 Å². The molecule has 1 N–H and O–H groups in total. The number of nitrogens with one attached hydrogen (secondary N) is 1. The highest BCUT2D eigenvalue weighted by Gasteiger charge is 2.33. The van der Waals surface area contributed by atoms with Crippen molar-refractivity contribution in [3.63, 3.8) is 0 Å². The molecule has 0 bridgehead atoms. The molecule has 1 amide bonds. The molecule has 2 aromatic rings. The molecule has 0 aliphatic rings. The van der Waals surface area contributed by atoms with Gasteiger partial charge in [0.15, 0.2) is 0 Å². The fraction of sp³-hybridized carbons (Fsp3) is 0.333. The molecule has 0 fully saturated rings. The lowest BCUT2D eigenvalue weighted by atomic mass is 10.2. The zero-order valence-corrected chi connectivity index (χ0v) is 17.6. The van der Waals surface area contributed by atoms with Crippen molar-refractivity contribution in [2.24, 2.45) is 0 Å². The number of alkyl halides is 3. The lowest BCUT2D eigenvalue weighted by molar-refractivity contribution is -0.137. The van der Waals surface area contributed by atoms with Crippen molar-refractivity contribution in [1.29, 1.82) is 0 Å². The summed E-state index contributed by atoms with van der Waals surface area (Å²) in [5.74, 6) is -0.815. The molecule has 0 unspecified atom stereocenters. The first-order valence-electron chi connectivity index (χ1n) is 8.77. The molecule has 30 heavy (non-hydrogen) atoms. The lowest BCUT2D eigenvalue weighted by Gasteiger charge is -2.19. The Labute approximate surface area is 176 Å². The number of pyridine rings is 1. The first-order valence-corrected chi connectivity index (χ1v) is 10.6. The van der Waals surface area contributed by atoms with Gasteiger partial charge in [0.05, 0.1) is 15.5 Å². The van der Waals surface area contributed by atoms with E-state index in [-0.39, 0.29) is 23.7 Å². The maximum Gasteiger partial charge on any atom is 0.417 e. The van der Waals surface area contributed by atoms with E-state index in [0.717, 1.165) is 29.0 Å². The van der Waals surface area contributed by atoms with Crippen molar-refractivity contribution < 1.29 is 26.4 Å². The average molecular weight is 466 g/mol. The number of aromatic nitrogens is 1. The second-order valence-electron chi connectivity index (χ2n) is 6.16. The van der Waals surface area contributed by atoms with Gasteiger partial charge in [-0.25, -0.2) is 8.42 Å². The van der Waals surface area contributed by atoms with Gasteiger partial charge in [-0.1, -0.05) is 25.4 Å². The summed E-state index contributed by atoms with van der Waals surface area (Å²) in [6.45, 7) is 3.16. The molecule has 0 saturated carbocycles. The van der Waals surface area contributed by atoms with Crippen molar-refractivity contribution >= 4 is 33.2 Å². The standard InChI is InChI=1S/C18H19ClF3N3O4S/c1-3-25(4-2)30(28,29)13-6-8-17(27)24(10-13)11-16(26)23-12-5-7-15(19)14(9-12)18(20,21)22/h5-10H,3-4,11H2,1-2H3,(H,23,26). The second kappa shape index (κ2) is 9.19. The second-order valence-corrected chi connectivity index (χ2v) is 8.51. The van der Waals surface area contributed by atoms with E-state index < -0.39 is 44.8 Å². The third-order valence-corrected chi connectivity index (χ3v) is 6.53. The van der Waals surface area contributed by atoms with E-state index in [1.54, 1.807) is 13.8 Å². The van der Waals surface area contributed by atoms with E-state index in [9.17, 15) is 31.2 Å². The van der Waals surface area contributed by atoms with Gasteiger partial charge in [-0.3, -0.25) is 9.59 Å². The molecule has 0 atom stereocenters. The van der Waals surface area contributed by atoms with Gasteiger partial charge in [0.25, 0.3) is 5.56 Å². The number of nitrogens with zero attached hydrogens (tertiary/aromatic N) is 2. The number of hydrogen-bond donors (Lipinski definition) is 1. The lowest BCUT2D eigenvalue weighted by Crippen LogP contribution is -2.33. The van der Waals surface area contributed by atoms with Gasteiger partial charge >= 0.3 is 6.18 Å². The highest BCUT2D eigenvalue weighted by Crippen LogP contribution is 2.36. The highest BCUT2D eigenvalue weighted by atomic mass is 35.5. The van der Waals surface area contributed by atoms with E-state index >= 15 is 0 Å². The average Bonchev–Trinajstić information content (AvgIpc) is 2.64. The summed E-state index contributed by atoms with van der Waals surface area (Å²) in [7, 11) is -3.86. The number of rotatable bonds is 7. The normalized spacial score (nSPS) is 12.2. The number of benzene rings is 1. The third-order valence-electron chi connectivity index (χ3n) is 4.17. The number of hydrogen-bond acceptors (Lipinski definition) is 4. The Morgan fingerprint density at radius 3 is 2.37 bits per heavy atom. The molecule has 0 spiro atoms. The number of amides is 1. The molecular weight excluding hydrogens is 447 g/mol. The predicted molar refractivity (Wildman–Crippen MR) is 106 cm³/mol. The fourth-order valence-electron chi connectivity index (χ4n) is 2.67. The minimum absolute atomic E-state index is 0.170. The molecule has 0 aliphatic heterocycles. The summed E-state index contributed by atoms with van der Waals surface area (Å²) < 4.78 is 66.1. The van der Waals surface area contributed by atoms with Gasteiger partial charge in [-0.05, 0) is 24.3 Å². The van der Waals surface area contributed by atoms with Crippen LogP contribution in [0, 0.1) is 0 Å². The monoisotopic (exact) mass is 465 g/mol. The first-order chi connectivity index (χ1) is 13.9. The van der Waals surface area contributed by atoms with Crippen LogP contribution in [-0.4, -0.2) is 36.3 Å². The van der Waals surface area contributed by atoms with Crippen molar-refractivity contribution in [3.8, 4) is 0 Å². The van der Waals surface area contributed by atoms with Crippen LogP contribution in [0.4, 0.5) is 18.9 Å². The van der Waals surface area contributed by atoms with E-state index in [1.165, 1.54) is 10.4 Å². The Bertz CT molecular complexity index is 1100. The number of sulfonamides is 1. The van der Waals surface area contributed by atoms with Crippen LogP contribution in [0.2, 0.25) is 5.02 Å². The van der Waals surface area contributed by atoms with Gasteiger partial charge < -0.3 is 9.88 Å². The smallest absolute Gasteiger partial charge is 0.325 e. The number of anilines is 1. The summed E-state index contributed by atoms with van der Waals surface area (Å²) in [4.78, 5) is 24.1. The van der Waals surface area contributed by atoms with Crippen molar-refractivity contribution in [2.75, 3.05) is 18.4 Å². The van der Waals surface area contributed by atoms with Gasteiger partial charge in [0.1, 0.15) is 6.54 Å². The zero-order chi connectivity index (χ0) is 22.7. The molecular formula is C18H19ClF3N3O4S. The Morgan fingerprint density at radius 1 is 1.17 bits per heavy atom. The van der Waals surface area contributed by atoms with Gasteiger partial charge in [0, 0.05) is 31.0 Å². The van der Waals surface area contributed by atoms with Gasteiger partial charge in [0.2, 0.25) is 15.9 Å². The van der Waals surface area contributed by atoms with Crippen molar-refractivity contribution in [1.82, 2.24) is 8.87 Å².